The van der Waals surface area contributed by atoms with E-state index in [9.17, 15) is 14.9 Å². The standard InChI is InChI=1S/C20H26N6O3/c1-11-19(26(28)29)12(2)25(22-11)10-24-4-3-17(23-24)20(27)21-18-15-6-13-5-14(8-15)9-16(18)7-13/h3-4,13-16,18H,5-10H2,1-2H3,(H,21,27). The highest BCUT2D eigenvalue weighted by Crippen LogP contribution is 2.53. The van der Waals surface area contributed by atoms with Crippen LogP contribution in [0.1, 0.15) is 54.0 Å². The first-order valence-corrected chi connectivity index (χ1v) is 10.4. The molecule has 0 aromatic carbocycles. The van der Waals surface area contributed by atoms with Gasteiger partial charge in [-0.25, -0.2) is 4.68 Å². The maximum atomic E-state index is 12.8. The fourth-order valence-electron chi connectivity index (χ4n) is 6.17. The van der Waals surface area contributed by atoms with Crippen LogP contribution < -0.4 is 5.32 Å². The van der Waals surface area contributed by atoms with E-state index in [2.05, 4.69) is 15.5 Å². The molecule has 0 spiro atoms. The van der Waals surface area contributed by atoms with E-state index in [4.69, 9.17) is 0 Å². The van der Waals surface area contributed by atoms with Crippen LogP contribution in [0.5, 0.6) is 0 Å². The van der Waals surface area contributed by atoms with Crippen molar-refractivity contribution < 1.29 is 9.72 Å². The molecule has 1 N–H and O–H groups in total. The Morgan fingerprint density at radius 3 is 2.41 bits per heavy atom. The fourth-order valence-corrected chi connectivity index (χ4v) is 6.17. The Kier molecular flexibility index (Phi) is 4.22. The zero-order valence-electron chi connectivity index (χ0n) is 16.7. The Labute approximate surface area is 168 Å². The third kappa shape index (κ3) is 3.12. The second-order valence-corrected chi connectivity index (χ2v) is 9.09. The molecule has 4 aliphatic rings. The largest absolute Gasteiger partial charge is 0.347 e. The van der Waals surface area contributed by atoms with E-state index in [1.807, 2.05) is 0 Å². The molecule has 9 heteroatoms. The summed E-state index contributed by atoms with van der Waals surface area (Å²) in [6, 6.07) is 1.98. The Morgan fingerprint density at radius 1 is 1.17 bits per heavy atom. The van der Waals surface area contributed by atoms with Gasteiger partial charge in [-0.2, -0.15) is 10.2 Å². The number of carbonyl (C=O) groups is 1. The van der Waals surface area contributed by atoms with Crippen molar-refractivity contribution in [3.63, 3.8) is 0 Å². The monoisotopic (exact) mass is 398 g/mol. The van der Waals surface area contributed by atoms with Crippen LogP contribution in [-0.4, -0.2) is 36.4 Å². The zero-order valence-corrected chi connectivity index (χ0v) is 16.7. The van der Waals surface area contributed by atoms with Gasteiger partial charge in [0.05, 0.1) is 4.92 Å². The van der Waals surface area contributed by atoms with E-state index in [0.717, 1.165) is 11.8 Å². The minimum absolute atomic E-state index is 0.0250. The maximum absolute atomic E-state index is 12.8. The minimum atomic E-state index is -0.416. The van der Waals surface area contributed by atoms with Crippen LogP contribution in [0.2, 0.25) is 0 Å². The molecule has 0 atom stereocenters. The van der Waals surface area contributed by atoms with Crippen LogP contribution in [0, 0.1) is 47.6 Å². The van der Waals surface area contributed by atoms with Crippen molar-refractivity contribution in [2.24, 2.45) is 23.7 Å². The van der Waals surface area contributed by atoms with Crippen molar-refractivity contribution in [1.82, 2.24) is 24.9 Å². The van der Waals surface area contributed by atoms with Crippen molar-refractivity contribution in [2.75, 3.05) is 0 Å². The zero-order chi connectivity index (χ0) is 20.3. The van der Waals surface area contributed by atoms with Gasteiger partial charge in [0.1, 0.15) is 23.8 Å². The van der Waals surface area contributed by atoms with E-state index in [1.165, 1.54) is 32.1 Å². The molecular weight excluding hydrogens is 372 g/mol. The number of hydrogen-bond donors (Lipinski definition) is 1. The molecule has 0 saturated heterocycles. The molecule has 0 unspecified atom stereocenters. The lowest BCUT2D eigenvalue weighted by atomic mass is 9.54. The number of aromatic nitrogens is 4. The lowest BCUT2D eigenvalue weighted by Crippen LogP contribution is -2.55. The summed E-state index contributed by atoms with van der Waals surface area (Å²) >= 11 is 0. The molecule has 0 aliphatic heterocycles. The first-order valence-electron chi connectivity index (χ1n) is 10.4. The second kappa shape index (κ2) is 6.67. The number of nitrogens with one attached hydrogen (secondary N) is 1. The average molecular weight is 398 g/mol. The van der Waals surface area contributed by atoms with E-state index in [0.29, 0.717) is 28.9 Å². The van der Waals surface area contributed by atoms with Crippen LogP contribution in [-0.2, 0) is 6.67 Å². The van der Waals surface area contributed by atoms with Crippen molar-refractivity contribution in [2.45, 2.75) is 58.7 Å². The summed E-state index contributed by atoms with van der Waals surface area (Å²) in [7, 11) is 0. The van der Waals surface area contributed by atoms with Gasteiger partial charge in [-0.3, -0.25) is 19.6 Å². The predicted octanol–water partition coefficient (Wildman–Crippen LogP) is 2.66. The van der Waals surface area contributed by atoms with Crippen molar-refractivity contribution in [3.05, 3.63) is 39.5 Å². The van der Waals surface area contributed by atoms with Crippen LogP contribution in [0.4, 0.5) is 5.69 Å². The summed E-state index contributed by atoms with van der Waals surface area (Å²) in [5.41, 5.74) is 1.26. The second-order valence-electron chi connectivity index (χ2n) is 9.09. The molecule has 9 nitrogen and oxygen atoms in total. The Balaban J connectivity index is 1.27. The third-order valence-corrected chi connectivity index (χ3v) is 7.20. The Morgan fingerprint density at radius 2 is 1.83 bits per heavy atom. The SMILES string of the molecule is Cc1nn(Cn2ccc(C(=O)NC3C4CC5CC(C4)CC3C5)n2)c(C)c1[N+](=O)[O-]. The number of nitrogens with zero attached hydrogens (tertiary/aromatic N) is 5. The first kappa shape index (κ1) is 18.3. The number of hydrogen-bond acceptors (Lipinski definition) is 5. The molecule has 0 radical (unpaired) electrons. The fraction of sp³-hybridized carbons (Fsp3) is 0.650. The lowest BCUT2D eigenvalue weighted by molar-refractivity contribution is -0.386. The molecule has 154 valence electrons. The Hall–Kier alpha value is -2.71. The van der Waals surface area contributed by atoms with Gasteiger partial charge in [0.2, 0.25) is 0 Å². The summed E-state index contributed by atoms with van der Waals surface area (Å²) in [6.45, 7) is 3.52. The van der Waals surface area contributed by atoms with E-state index in [1.54, 1.807) is 35.5 Å². The number of carbonyl (C=O) groups excluding carboxylic acids is 1. The molecular formula is C20H26N6O3. The number of aryl methyl sites for hydroxylation is 1. The van der Waals surface area contributed by atoms with Crippen LogP contribution in [0.3, 0.4) is 0 Å². The average Bonchev–Trinajstić information content (AvgIpc) is 3.22. The van der Waals surface area contributed by atoms with E-state index < -0.39 is 4.92 Å². The van der Waals surface area contributed by atoms with Crippen molar-refractivity contribution in [1.29, 1.82) is 0 Å². The third-order valence-electron chi connectivity index (χ3n) is 7.20. The number of nitro groups is 1. The maximum Gasteiger partial charge on any atom is 0.312 e. The van der Waals surface area contributed by atoms with Crippen LogP contribution in [0.15, 0.2) is 12.3 Å². The molecule has 4 saturated carbocycles. The minimum Gasteiger partial charge on any atom is -0.347 e. The summed E-state index contributed by atoms with van der Waals surface area (Å²) in [5, 5.41) is 23.1. The van der Waals surface area contributed by atoms with Gasteiger partial charge in [-0.05, 0) is 75.7 Å². The molecule has 29 heavy (non-hydrogen) atoms. The predicted molar refractivity (Wildman–Crippen MR) is 104 cm³/mol. The van der Waals surface area contributed by atoms with Crippen molar-refractivity contribution >= 4 is 11.6 Å². The summed E-state index contributed by atoms with van der Waals surface area (Å²) in [4.78, 5) is 23.6. The van der Waals surface area contributed by atoms with Crippen molar-refractivity contribution in [3.8, 4) is 0 Å². The lowest BCUT2D eigenvalue weighted by Gasteiger charge is -2.54. The molecule has 6 rings (SSSR count). The normalized spacial score (nSPS) is 29.9. The molecule has 4 aliphatic carbocycles. The van der Waals surface area contributed by atoms with E-state index >= 15 is 0 Å². The Bertz CT molecular complexity index is 949. The molecule has 4 fully saturated rings. The highest BCUT2D eigenvalue weighted by atomic mass is 16.6. The molecule has 2 aromatic heterocycles. The highest BCUT2D eigenvalue weighted by molar-refractivity contribution is 5.92. The van der Waals surface area contributed by atoms with E-state index in [-0.39, 0.29) is 24.3 Å². The van der Waals surface area contributed by atoms with Gasteiger partial charge in [0.25, 0.3) is 5.91 Å². The highest BCUT2D eigenvalue weighted by Gasteiger charge is 2.48. The first-order chi connectivity index (χ1) is 13.9. The van der Waals surface area contributed by atoms with Gasteiger partial charge in [0.15, 0.2) is 0 Å². The quantitative estimate of drug-likeness (QED) is 0.615. The number of amides is 1. The van der Waals surface area contributed by atoms with Gasteiger partial charge < -0.3 is 5.32 Å². The molecule has 1 amide bonds. The smallest absolute Gasteiger partial charge is 0.312 e. The summed E-state index contributed by atoms with van der Waals surface area (Å²) < 4.78 is 3.13. The summed E-state index contributed by atoms with van der Waals surface area (Å²) in [5.74, 6) is 2.85. The van der Waals surface area contributed by atoms with Gasteiger partial charge in [-0.15, -0.1) is 0 Å². The van der Waals surface area contributed by atoms with Gasteiger partial charge in [-0.1, -0.05) is 0 Å². The molecule has 2 heterocycles. The topological polar surface area (TPSA) is 108 Å². The molecule has 4 bridgehead atoms. The van der Waals surface area contributed by atoms with Crippen LogP contribution >= 0.6 is 0 Å². The van der Waals surface area contributed by atoms with Gasteiger partial charge >= 0.3 is 5.69 Å². The summed E-state index contributed by atoms with van der Waals surface area (Å²) in [6.07, 6.45) is 8.12. The van der Waals surface area contributed by atoms with Crippen LogP contribution in [0.25, 0.3) is 0 Å². The molecule has 2 aromatic rings. The van der Waals surface area contributed by atoms with Gasteiger partial charge in [0, 0.05) is 12.2 Å². The number of rotatable bonds is 5.